The first-order chi connectivity index (χ1) is 16.1. The number of aromatic amines is 1. The molecule has 0 spiro atoms. The van der Waals surface area contributed by atoms with Gasteiger partial charge in [-0.2, -0.15) is 0 Å². The van der Waals surface area contributed by atoms with Crippen molar-refractivity contribution in [2.45, 2.75) is 52.5 Å². The van der Waals surface area contributed by atoms with E-state index >= 15 is 0 Å². The van der Waals surface area contributed by atoms with Crippen LogP contribution in [0.3, 0.4) is 0 Å². The summed E-state index contributed by atoms with van der Waals surface area (Å²) in [5, 5.41) is 16.3. The van der Waals surface area contributed by atoms with Gasteiger partial charge in [-0.3, -0.25) is 15.0 Å². The number of benzene rings is 1. The van der Waals surface area contributed by atoms with E-state index in [1.54, 1.807) is 12.3 Å². The second-order valence-electron chi connectivity index (χ2n) is 8.03. The number of unbranched alkanes of at least 4 members (excludes halogenated alkanes) is 2. The first-order valence-corrected chi connectivity index (χ1v) is 11.3. The molecule has 4 rings (SSSR count). The molecule has 10 heteroatoms. The monoisotopic (exact) mass is 448 g/mol. The topological polar surface area (TPSA) is 122 Å². The highest BCUT2D eigenvalue weighted by molar-refractivity contribution is 6.13. The van der Waals surface area contributed by atoms with Gasteiger partial charge in [0, 0.05) is 25.1 Å². The van der Waals surface area contributed by atoms with Crippen LogP contribution in [-0.4, -0.2) is 53.6 Å². The lowest BCUT2D eigenvalue weighted by Crippen LogP contribution is -2.28. The molecule has 1 aliphatic heterocycles. The van der Waals surface area contributed by atoms with Crippen molar-refractivity contribution < 1.29 is 9.59 Å². The normalized spacial score (nSPS) is 15.0. The lowest BCUT2D eigenvalue weighted by atomic mass is 10.1. The molecule has 172 valence electrons. The van der Waals surface area contributed by atoms with Crippen molar-refractivity contribution in [1.82, 2.24) is 40.4 Å². The molecule has 1 fully saturated rings. The Morgan fingerprint density at radius 2 is 1.85 bits per heavy atom. The predicted molar refractivity (Wildman–Crippen MR) is 123 cm³/mol. The molecule has 0 atom stereocenters. The second-order valence-corrected chi connectivity index (χ2v) is 8.03. The van der Waals surface area contributed by atoms with Crippen molar-refractivity contribution in [2.75, 3.05) is 6.54 Å². The molecular weight excluding hydrogens is 420 g/mol. The van der Waals surface area contributed by atoms with Gasteiger partial charge in [-0.15, -0.1) is 5.10 Å². The summed E-state index contributed by atoms with van der Waals surface area (Å²) in [6.45, 7) is 5.30. The minimum Gasteiger partial charge on any atom is -0.324 e. The fourth-order valence-electron chi connectivity index (χ4n) is 3.78. The van der Waals surface area contributed by atoms with E-state index < -0.39 is 0 Å². The minimum atomic E-state index is -0.371. The molecule has 10 nitrogen and oxygen atoms in total. The highest BCUT2D eigenvalue weighted by Crippen LogP contribution is 2.21. The maximum absolute atomic E-state index is 12.5. The third-order valence-corrected chi connectivity index (χ3v) is 5.65. The zero-order valence-electron chi connectivity index (χ0n) is 18.9. The number of rotatable bonds is 10. The van der Waals surface area contributed by atoms with Crippen LogP contribution in [0.25, 0.3) is 17.5 Å². The van der Waals surface area contributed by atoms with Gasteiger partial charge in [0.25, 0.3) is 5.91 Å². The lowest BCUT2D eigenvalue weighted by molar-refractivity contribution is -0.116. The Morgan fingerprint density at radius 3 is 2.55 bits per heavy atom. The predicted octanol–water partition coefficient (Wildman–Crippen LogP) is 3.15. The SMILES string of the molecule is CCCCc1ncc(/C=C2\C(=O)NC(=O)N2CCCC)n1Cc1ccc(-c2nnn[nH]2)cc1. The smallest absolute Gasteiger partial charge is 0.324 e. The quantitative estimate of drug-likeness (QED) is 0.363. The van der Waals surface area contributed by atoms with Crippen LogP contribution in [0.4, 0.5) is 4.79 Å². The molecule has 1 saturated heterocycles. The molecule has 3 heterocycles. The van der Waals surface area contributed by atoms with Crippen molar-refractivity contribution in [3.8, 4) is 11.4 Å². The molecule has 33 heavy (non-hydrogen) atoms. The Labute approximate surface area is 192 Å². The molecule has 3 aromatic rings. The zero-order chi connectivity index (χ0) is 23.2. The number of imide groups is 1. The average Bonchev–Trinajstić information content (AvgIpc) is 3.54. The number of urea groups is 1. The Hall–Kier alpha value is -3.82. The highest BCUT2D eigenvalue weighted by Gasteiger charge is 2.32. The summed E-state index contributed by atoms with van der Waals surface area (Å²) in [5.41, 5.74) is 3.14. The standard InChI is InChI=1S/C23H28N8O2/c1-3-5-7-20-24-14-18(13-19-22(32)25-23(33)30(19)12-6-4-2)31(20)15-16-8-10-17(11-9-16)21-26-28-29-27-21/h8-11,13-14H,3-7,12,15H2,1-2H3,(H,25,32,33)(H,26,27,28,29)/b19-13+. The molecule has 1 aliphatic rings. The maximum Gasteiger partial charge on any atom is 0.329 e. The average molecular weight is 449 g/mol. The minimum absolute atomic E-state index is 0.366. The van der Waals surface area contributed by atoms with Crippen LogP contribution in [0.15, 0.2) is 36.2 Å². The summed E-state index contributed by atoms with van der Waals surface area (Å²) < 4.78 is 2.11. The molecule has 0 radical (unpaired) electrons. The van der Waals surface area contributed by atoms with Gasteiger partial charge in [-0.1, -0.05) is 51.0 Å². The van der Waals surface area contributed by atoms with Crippen LogP contribution >= 0.6 is 0 Å². The van der Waals surface area contributed by atoms with Crippen LogP contribution < -0.4 is 5.32 Å². The highest BCUT2D eigenvalue weighted by atomic mass is 16.2. The van der Waals surface area contributed by atoms with E-state index in [4.69, 9.17) is 0 Å². The Balaban J connectivity index is 1.64. The Bertz CT molecular complexity index is 1130. The van der Waals surface area contributed by atoms with Gasteiger partial charge in [0.15, 0.2) is 5.82 Å². The number of H-pyrrole nitrogens is 1. The van der Waals surface area contributed by atoms with Crippen molar-refractivity contribution in [3.05, 3.63) is 53.2 Å². The van der Waals surface area contributed by atoms with Crippen LogP contribution in [0.1, 0.15) is 56.6 Å². The number of nitrogens with one attached hydrogen (secondary N) is 2. The van der Waals surface area contributed by atoms with Gasteiger partial charge in [0.2, 0.25) is 0 Å². The van der Waals surface area contributed by atoms with Gasteiger partial charge < -0.3 is 4.57 Å². The van der Waals surface area contributed by atoms with Gasteiger partial charge in [0.1, 0.15) is 11.5 Å². The number of carbonyl (C=O) groups is 2. The van der Waals surface area contributed by atoms with Gasteiger partial charge in [0.05, 0.1) is 11.9 Å². The summed E-state index contributed by atoms with van der Waals surface area (Å²) in [7, 11) is 0. The van der Waals surface area contributed by atoms with E-state index in [-0.39, 0.29) is 11.9 Å². The van der Waals surface area contributed by atoms with E-state index in [0.29, 0.717) is 24.6 Å². The van der Waals surface area contributed by atoms with E-state index in [2.05, 4.69) is 49.3 Å². The third kappa shape index (κ3) is 5.00. The molecule has 0 unspecified atom stereocenters. The second kappa shape index (κ2) is 10.2. The van der Waals surface area contributed by atoms with Crippen molar-refractivity contribution in [2.24, 2.45) is 0 Å². The number of imidazole rings is 1. The van der Waals surface area contributed by atoms with Crippen molar-refractivity contribution >= 4 is 18.0 Å². The summed E-state index contributed by atoms with van der Waals surface area (Å²) in [6, 6.07) is 7.62. The molecule has 0 aliphatic carbocycles. The summed E-state index contributed by atoms with van der Waals surface area (Å²) in [6.07, 6.45) is 8.23. The Morgan fingerprint density at radius 1 is 1.06 bits per heavy atom. The molecule has 1 aromatic carbocycles. The fraction of sp³-hybridized carbons (Fsp3) is 0.391. The third-order valence-electron chi connectivity index (χ3n) is 5.65. The molecule has 0 saturated carbocycles. The summed E-state index contributed by atoms with van der Waals surface area (Å²) in [4.78, 5) is 30.9. The van der Waals surface area contributed by atoms with Crippen LogP contribution in [0.2, 0.25) is 0 Å². The van der Waals surface area contributed by atoms with Gasteiger partial charge in [-0.05, 0) is 34.9 Å². The summed E-state index contributed by atoms with van der Waals surface area (Å²) in [5.74, 6) is 1.20. The van der Waals surface area contributed by atoms with Crippen molar-refractivity contribution in [3.63, 3.8) is 0 Å². The van der Waals surface area contributed by atoms with Gasteiger partial charge in [-0.25, -0.2) is 14.9 Å². The van der Waals surface area contributed by atoms with E-state index in [1.165, 1.54) is 4.90 Å². The molecule has 0 bridgehead atoms. The molecule has 2 N–H and O–H groups in total. The number of tetrazole rings is 1. The van der Waals surface area contributed by atoms with Crippen LogP contribution in [0, 0.1) is 0 Å². The lowest BCUT2D eigenvalue weighted by Gasteiger charge is -2.15. The van der Waals surface area contributed by atoms with E-state index in [9.17, 15) is 9.59 Å². The van der Waals surface area contributed by atoms with Crippen LogP contribution in [0.5, 0.6) is 0 Å². The van der Waals surface area contributed by atoms with Crippen LogP contribution in [-0.2, 0) is 17.8 Å². The number of hydrogen-bond donors (Lipinski definition) is 2. The molecule has 3 amide bonds. The number of aryl methyl sites for hydroxylation is 1. The first kappa shape index (κ1) is 22.4. The largest absolute Gasteiger partial charge is 0.329 e. The number of hydrogen-bond acceptors (Lipinski definition) is 6. The zero-order valence-corrected chi connectivity index (χ0v) is 18.9. The number of amides is 3. The maximum atomic E-state index is 12.5. The summed E-state index contributed by atoms with van der Waals surface area (Å²) >= 11 is 0. The Kier molecular flexibility index (Phi) is 6.92. The molecule has 2 aromatic heterocycles. The van der Waals surface area contributed by atoms with Crippen molar-refractivity contribution in [1.29, 1.82) is 0 Å². The van der Waals surface area contributed by atoms with E-state index in [1.807, 2.05) is 24.3 Å². The molecular formula is C23H28N8O2. The number of carbonyl (C=O) groups excluding carboxylic acids is 2. The fourth-order valence-corrected chi connectivity index (χ4v) is 3.78. The first-order valence-electron chi connectivity index (χ1n) is 11.3. The number of aromatic nitrogens is 6. The van der Waals surface area contributed by atoms with E-state index in [0.717, 1.165) is 54.7 Å². The number of nitrogens with zero attached hydrogens (tertiary/aromatic N) is 6. The van der Waals surface area contributed by atoms with Gasteiger partial charge >= 0.3 is 6.03 Å².